The lowest BCUT2D eigenvalue weighted by atomic mass is 9.78. The van der Waals surface area contributed by atoms with Crippen LogP contribution in [0.3, 0.4) is 0 Å². The van der Waals surface area contributed by atoms with Crippen LogP contribution in [0.4, 0.5) is 0 Å². The molecule has 0 radical (unpaired) electrons. The minimum atomic E-state index is 0.643. The Hall–Kier alpha value is -0.0800. The van der Waals surface area contributed by atoms with Gasteiger partial charge in [0.25, 0.3) is 0 Å². The molecule has 0 aromatic heterocycles. The molecule has 2 fully saturated rings. The minimum absolute atomic E-state index is 0.643. The van der Waals surface area contributed by atoms with Gasteiger partial charge in [0.15, 0.2) is 0 Å². The number of nitrogens with one attached hydrogen (secondary N) is 1. The van der Waals surface area contributed by atoms with E-state index in [-0.39, 0.29) is 0 Å². The molecule has 0 saturated carbocycles. The number of nitrogens with zero attached hydrogens (tertiary/aromatic N) is 1. The van der Waals surface area contributed by atoms with E-state index in [2.05, 4.69) is 24.1 Å². The predicted octanol–water partition coefficient (Wildman–Crippen LogP) is 2.50. The van der Waals surface area contributed by atoms with E-state index in [0.717, 1.165) is 5.92 Å². The SMILES string of the molecule is CCC1(C)CCN(CC2CCNCC2)CC1. The van der Waals surface area contributed by atoms with E-state index in [1.165, 1.54) is 64.8 Å². The van der Waals surface area contributed by atoms with Crippen LogP contribution in [0.25, 0.3) is 0 Å². The standard InChI is InChI=1S/C14H28N2/c1-3-14(2)6-10-16(11-7-14)12-13-4-8-15-9-5-13/h13,15H,3-12H2,1-2H3. The van der Waals surface area contributed by atoms with Gasteiger partial charge in [0.1, 0.15) is 0 Å². The van der Waals surface area contributed by atoms with Crippen LogP contribution in [0.1, 0.15) is 46.0 Å². The van der Waals surface area contributed by atoms with Crippen LogP contribution in [0.5, 0.6) is 0 Å². The highest BCUT2D eigenvalue weighted by Gasteiger charge is 2.29. The van der Waals surface area contributed by atoms with Crippen LogP contribution < -0.4 is 5.32 Å². The van der Waals surface area contributed by atoms with Crippen LogP contribution in [-0.2, 0) is 0 Å². The zero-order chi connectivity index (χ0) is 11.4. The van der Waals surface area contributed by atoms with E-state index >= 15 is 0 Å². The van der Waals surface area contributed by atoms with Gasteiger partial charge in [-0.05, 0) is 63.2 Å². The molecule has 2 nitrogen and oxygen atoms in total. The van der Waals surface area contributed by atoms with Gasteiger partial charge in [-0.25, -0.2) is 0 Å². The first kappa shape index (κ1) is 12.4. The van der Waals surface area contributed by atoms with E-state index in [0.29, 0.717) is 5.41 Å². The summed E-state index contributed by atoms with van der Waals surface area (Å²) >= 11 is 0. The molecule has 2 heterocycles. The molecule has 1 N–H and O–H groups in total. The number of rotatable bonds is 3. The third kappa shape index (κ3) is 3.21. The van der Waals surface area contributed by atoms with Gasteiger partial charge >= 0.3 is 0 Å². The zero-order valence-electron chi connectivity index (χ0n) is 11.1. The first-order chi connectivity index (χ1) is 7.72. The summed E-state index contributed by atoms with van der Waals surface area (Å²) in [5.41, 5.74) is 0.643. The first-order valence-corrected chi connectivity index (χ1v) is 7.15. The molecule has 2 aliphatic rings. The Labute approximate surface area is 101 Å². The van der Waals surface area contributed by atoms with Gasteiger partial charge in [-0.1, -0.05) is 20.3 Å². The lowest BCUT2D eigenvalue weighted by Gasteiger charge is -2.40. The van der Waals surface area contributed by atoms with Crippen molar-refractivity contribution in [2.75, 3.05) is 32.7 Å². The monoisotopic (exact) mass is 224 g/mol. The number of piperidine rings is 2. The average Bonchev–Trinajstić information content (AvgIpc) is 2.34. The fourth-order valence-electron chi connectivity index (χ4n) is 3.06. The summed E-state index contributed by atoms with van der Waals surface area (Å²) in [6.45, 7) is 11.3. The van der Waals surface area contributed by atoms with Crippen LogP contribution in [-0.4, -0.2) is 37.6 Å². The summed E-state index contributed by atoms with van der Waals surface area (Å²) in [5.74, 6) is 0.965. The van der Waals surface area contributed by atoms with Crippen molar-refractivity contribution in [2.45, 2.75) is 46.0 Å². The van der Waals surface area contributed by atoms with Gasteiger partial charge in [0.05, 0.1) is 0 Å². The summed E-state index contributed by atoms with van der Waals surface area (Å²) in [7, 11) is 0. The maximum absolute atomic E-state index is 3.46. The molecule has 0 aromatic carbocycles. The molecule has 2 rings (SSSR count). The molecular formula is C14H28N2. The van der Waals surface area contributed by atoms with Gasteiger partial charge in [0.2, 0.25) is 0 Å². The Morgan fingerprint density at radius 1 is 1.19 bits per heavy atom. The van der Waals surface area contributed by atoms with E-state index in [9.17, 15) is 0 Å². The maximum atomic E-state index is 3.46. The molecule has 0 unspecified atom stereocenters. The van der Waals surface area contributed by atoms with Gasteiger partial charge in [0, 0.05) is 6.54 Å². The minimum Gasteiger partial charge on any atom is -0.317 e. The molecule has 2 heteroatoms. The topological polar surface area (TPSA) is 15.3 Å². The highest BCUT2D eigenvalue weighted by Crippen LogP contribution is 2.34. The average molecular weight is 224 g/mol. The Balaban J connectivity index is 1.72. The van der Waals surface area contributed by atoms with E-state index in [4.69, 9.17) is 0 Å². The molecule has 0 amide bonds. The fraction of sp³-hybridized carbons (Fsp3) is 1.00. The molecule has 2 aliphatic heterocycles. The van der Waals surface area contributed by atoms with Crippen molar-refractivity contribution in [1.82, 2.24) is 10.2 Å². The van der Waals surface area contributed by atoms with Crippen molar-refractivity contribution in [3.05, 3.63) is 0 Å². The Morgan fingerprint density at radius 3 is 2.38 bits per heavy atom. The van der Waals surface area contributed by atoms with Gasteiger partial charge in [-0.2, -0.15) is 0 Å². The van der Waals surface area contributed by atoms with Crippen molar-refractivity contribution in [1.29, 1.82) is 0 Å². The molecule has 16 heavy (non-hydrogen) atoms. The van der Waals surface area contributed by atoms with Gasteiger partial charge in [-0.3, -0.25) is 0 Å². The predicted molar refractivity (Wildman–Crippen MR) is 69.7 cm³/mol. The van der Waals surface area contributed by atoms with Crippen molar-refractivity contribution >= 4 is 0 Å². The van der Waals surface area contributed by atoms with Crippen molar-refractivity contribution in [3.63, 3.8) is 0 Å². The highest BCUT2D eigenvalue weighted by atomic mass is 15.1. The molecule has 2 saturated heterocycles. The van der Waals surface area contributed by atoms with Gasteiger partial charge < -0.3 is 10.2 Å². The molecule has 0 aliphatic carbocycles. The molecule has 0 spiro atoms. The summed E-state index contributed by atoms with van der Waals surface area (Å²) < 4.78 is 0. The normalized spacial score (nSPS) is 28.1. The number of hydrogen-bond acceptors (Lipinski definition) is 2. The molecular weight excluding hydrogens is 196 g/mol. The second kappa shape index (κ2) is 5.50. The molecule has 0 aromatic rings. The third-order valence-electron chi connectivity index (χ3n) is 4.89. The van der Waals surface area contributed by atoms with Crippen LogP contribution in [0, 0.1) is 11.3 Å². The number of likely N-dealkylation sites (tertiary alicyclic amines) is 1. The van der Waals surface area contributed by atoms with E-state index < -0.39 is 0 Å². The lowest BCUT2D eigenvalue weighted by Crippen LogP contribution is -2.42. The van der Waals surface area contributed by atoms with Gasteiger partial charge in [-0.15, -0.1) is 0 Å². The summed E-state index contributed by atoms with van der Waals surface area (Å²) in [6, 6.07) is 0. The molecule has 94 valence electrons. The summed E-state index contributed by atoms with van der Waals surface area (Å²) in [5, 5.41) is 3.46. The summed E-state index contributed by atoms with van der Waals surface area (Å²) in [6.07, 6.45) is 6.96. The van der Waals surface area contributed by atoms with E-state index in [1.54, 1.807) is 0 Å². The fourth-order valence-corrected chi connectivity index (χ4v) is 3.06. The smallest absolute Gasteiger partial charge is 0.00106 e. The molecule has 0 bridgehead atoms. The Morgan fingerprint density at radius 2 is 1.81 bits per heavy atom. The highest BCUT2D eigenvalue weighted by molar-refractivity contribution is 4.83. The summed E-state index contributed by atoms with van der Waals surface area (Å²) in [4.78, 5) is 2.72. The van der Waals surface area contributed by atoms with Crippen LogP contribution >= 0.6 is 0 Å². The Bertz CT molecular complexity index is 201. The third-order valence-corrected chi connectivity index (χ3v) is 4.89. The van der Waals surface area contributed by atoms with Crippen LogP contribution in [0.15, 0.2) is 0 Å². The largest absolute Gasteiger partial charge is 0.317 e. The lowest BCUT2D eigenvalue weighted by molar-refractivity contribution is 0.0957. The quantitative estimate of drug-likeness (QED) is 0.792. The molecule has 0 atom stereocenters. The van der Waals surface area contributed by atoms with Crippen molar-refractivity contribution in [3.8, 4) is 0 Å². The van der Waals surface area contributed by atoms with Crippen molar-refractivity contribution < 1.29 is 0 Å². The zero-order valence-corrected chi connectivity index (χ0v) is 11.1. The maximum Gasteiger partial charge on any atom is 0.00106 e. The first-order valence-electron chi connectivity index (χ1n) is 7.15. The van der Waals surface area contributed by atoms with E-state index in [1.807, 2.05) is 0 Å². The Kier molecular flexibility index (Phi) is 4.26. The second-order valence-electron chi connectivity index (χ2n) is 6.16. The van der Waals surface area contributed by atoms with Crippen LogP contribution in [0.2, 0.25) is 0 Å². The second-order valence-corrected chi connectivity index (χ2v) is 6.16. The van der Waals surface area contributed by atoms with Crippen molar-refractivity contribution in [2.24, 2.45) is 11.3 Å². The number of hydrogen-bond donors (Lipinski definition) is 1.